The number of carbonyl (C=O) groups is 2. The third kappa shape index (κ3) is 4.14. The number of carbonyl (C=O) groups excluding carboxylic acids is 2. The Morgan fingerprint density at radius 1 is 1.15 bits per heavy atom. The van der Waals surface area contributed by atoms with Gasteiger partial charge in [-0.2, -0.15) is 0 Å². The lowest BCUT2D eigenvalue weighted by Crippen LogP contribution is -2.29. The number of halogens is 1. The number of ether oxygens (including phenoxy) is 1. The number of Topliss-reactive ketones (excluding diaryl/α,β-unsaturated/α-hetero) is 1. The van der Waals surface area contributed by atoms with Crippen molar-refractivity contribution in [3.63, 3.8) is 0 Å². The van der Waals surface area contributed by atoms with E-state index in [4.69, 9.17) is 16.3 Å². The number of hydrogen-bond acceptors (Lipinski definition) is 7. The van der Waals surface area contributed by atoms with E-state index in [9.17, 15) is 14.7 Å². The quantitative estimate of drug-likeness (QED) is 0.110. The number of nitrogens with zero attached hydrogens (tertiary/aromatic N) is 4. The topological polar surface area (TPSA) is 97.0 Å². The van der Waals surface area contributed by atoms with Crippen LogP contribution in [0, 0.1) is 13.8 Å². The zero-order valence-corrected chi connectivity index (χ0v) is 23.2. The lowest BCUT2D eigenvalue weighted by atomic mass is 9.96. The normalized spacial score (nSPS) is 16.8. The van der Waals surface area contributed by atoms with Crippen molar-refractivity contribution in [2.24, 2.45) is 0 Å². The number of benzene rings is 2. The van der Waals surface area contributed by atoms with Gasteiger partial charge < -0.3 is 14.2 Å². The van der Waals surface area contributed by atoms with Gasteiger partial charge in [-0.25, -0.2) is 9.97 Å². The third-order valence-corrected chi connectivity index (χ3v) is 8.09. The minimum Gasteiger partial charge on any atom is -0.505 e. The smallest absolute Gasteiger partial charge is 0.301 e. The first-order chi connectivity index (χ1) is 19.3. The summed E-state index contributed by atoms with van der Waals surface area (Å²) in [5, 5.41) is 12.5. The average Bonchev–Trinajstić information content (AvgIpc) is 3.59. The number of hydrogen-bond donors (Lipinski definition) is 1. The number of aliphatic hydroxyl groups is 1. The fraction of sp³-hybridized carbons (Fsp3) is 0.133. The molecule has 0 bridgehead atoms. The molecule has 3 aromatic heterocycles. The second kappa shape index (κ2) is 9.93. The van der Waals surface area contributed by atoms with Crippen LogP contribution in [0.15, 0.2) is 79.0 Å². The van der Waals surface area contributed by atoms with Gasteiger partial charge >= 0.3 is 5.91 Å². The van der Waals surface area contributed by atoms with Crippen LogP contribution in [0.2, 0.25) is 5.02 Å². The first-order valence-corrected chi connectivity index (χ1v) is 13.6. The molecule has 0 saturated carbocycles. The molecule has 0 spiro atoms. The van der Waals surface area contributed by atoms with Crippen molar-refractivity contribution in [3.05, 3.63) is 107 Å². The molecular weight excluding hydrogens is 548 g/mol. The minimum atomic E-state index is -0.978. The van der Waals surface area contributed by atoms with Crippen LogP contribution in [0.3, 0.4) is 0 Å². The van der Waals surface area contributed by atoms with Crippen molar-refractivity contribution in [3.8, 4) is 5.75 Å². The van der Waals surface area contributed by atoms with Gasteiger partial charge in [0.2, 0.25) is 0 Å². The van der Waals surface area contributed by atoms with Gasteiger partial charge in [-0.3, -0.25) is 14.5 Å². The number of fused-ring (bicyclic) bond motifs is 2. The molecule has 1 N–H and O–H groups in total. The molecular formula is C30H23ClN4O4S. The highest BCUT2D eigenvalue weighted by Crippen LogP contribution is 2.45. The van der Waals surface area contributed by atoms with E-state index in [1.54, 1.807) is 55.5 Å². The molecule has 1 fully saturated rings. The number of aromatic nitrogens is 3. The van der Waals surface area contributed by atoms with Gasteiger partial charge in [-0.1, -0.05) is 53.8 Å². The predicted molar refractivity (Wildman–Crippen MR) is 156 cm³/mol. The molecule has 0 radical (unpaired) electrons. The summed E-state index contributed by atoms with van der Waals surface area (Å²) in [6.07, 6.45) is 3.46. The molecule has 1 saturated heterocycles. The Labute approximate surface area is 238 Å². The Bertz CT molecular complexity index is 1890. The average molecular weight is 571 g/mol. The van der Waals surface area contributed by atoms with E-state index in [2.05, 4.69) is 16.5 Å². The van der Waals surface area contributed by atoms with Crippen LogP contribution in [0.5, 0.6) is 5.75 Å². The second-order valence-electron chi connectivity index (χ2n) is 9.38. The maximum absolute atomic E-state index is 13.7. The maximum Gasteiger partial charge on any atom is 0.301 e. The highest BCUT2D eigenvalue weighted by atomic mass is 35.5. The molecule has 1 amide bonds. The summed E-state index contributed by atoms with van der Waals surface area (Å²) in [6, 6.07) is 15.1. The molecule has 8 nitrogen and oxygen atoms in total. The Balaban J connectivity index is 1.58. The number of anilines is 1. The minimum absolute atomic E-state index is 0.0766. The molecule has 1 aliphatic heterocycles. The van der Waals surface area contributed by atoms with Crippen molar-refractivity contribution in [2.45, 2.75) is 19.9 Å². The monoisotopic (exact) mass is 570 g/mol. The van der Waals surface area contributed by atoms with Crippen molar-refractivity contribution in [2.75, 3.05) is 11.5 Å². The van der Waals surface area contributed by atoms with E-state index in [0.29, 0.717) is 38.3 Å². The Hall–Kier alpha value is -4.47. The standard InChI is InChI=1S/C30H23ClN4O4S/c1-4-13-39-20-9-5-8-18(14-20)25-23(26(36)24-17(3)34-12-6-7-16(2)28(34)33-24)27(37)29(38)35(25)30-32-21-11-10-19(31)15-22(21)40-30/h4-12,14-15,25,36H,1,13H2,2-3H3/b26-23+. The maximum atomic E-state index is 13.7. The summed E-state index contributed by atoms with van der Waals surface area (Å²) in [6.45, 7) is 7.69. The molecule has 5 aromatic rings. The fourth-order valence-electron chi connectivity index (χ4n) is 4.94. The summed E-state index contributed by atoms with van der Waals surface area (Å²) in [7, 11) is 0. The summed E-state index contributed by atoms with van der Waals surface area (Å²) < 4.78 is 8.34. The Morgan fingerprint density at radius 3 is 2.75 bits per heavy atom. The van der Waals surface area contributed by atoms with Crippen LogP contribution in [0.1, 0.15) is 28.6 Å². The van der Waals surface area contributed by atoms with Gasteiger partial charge in [-0.15, -0.1) is 0 Å². The van der Waals surface area contributed by atoms with Crippen LogP contribution in [0.4, 0.5) is 5.13 Å². The van der Waals surface area contributed by atoms with E-state index in [1.165, 1.54) is 16.2 Å². The molecule has 1 aliphatic rings. The van der Waals surface area contributed by atoms with Gasteiger partial charge in [0.1, 0.15) is 23.7 Å². The van der Waals surface area contributed by atoms with Crippen molar-refractivity contribution in [1.29, 1.82) is 0 Å². The van der Waals surface area contributed by atoms with Crippen LogP contribution >= 0.6 is 22.9 Å². The largest absolute Gasteiger partial charge is 0.505 e. The number of pyridine rings is 1. The molecule has 0 aliphatic carbocycles. The number of rotatable bonds is 6. The molecule has 1 atom stereocenters. The van der Waals surface area contributed by atoms with Gasteiger partial charge in [-0.05, 0) is 61.4 Å². The number of aryl methyl sites for hydroxylation is 2. The SMILES string of the molecule is C=CCOc1cccc(C2/C(=C(\O)c3nc4c(C)cccn4c3C)C(=O)C(=O)N2c2nc3ccc(Cl)cc3s2)c1. The summed E-state index contributed by atoms with van der Waals surface area (Å²) in [5.74, 6) is -1.45. The van der Waals surface area contributed by atoms with Crippen molar-refractivity contribution < 1.29 is 19.4 Å². The number of aliphatic hydroxyl groups excluding tert-OH is 1. The molecule has 10 heteroatoms. The number of amides is 1. The first kappa shape index (κ1) is 25.8. The lowest BCUT2D eigenvalue weighted by Gasteiger charge is -2.23. The molecule has 1 unspecified atom stereocenters. The molecule has 200 valence electrons. The van der Waals surface area contributed by atoms with E-state index in [1.807, 2.05) is 29.7 Å². The highest BCUT2D eigenvalue weighted by molar-refractivity contribution is 7.22. The van der Waals surface area contributed by atoms with Crippen molar-refractivity contribution >= 4 is 61.4 Å². The summed E-state index contributed by atoms with van der Waals surface area (Å²) in [5.41, 5.74) is 3.55. The summed E-state index contributed by atoms with van der Waals surface area (Å²) >= 11 is 7.43. The lowest BCUT2D eigenvalue weighted by molar-refractivity contribution is -0.132. The molecule has 6 rings (SSSR count). The van der Waals surface area contributed by atoms with Crippen LogP contribution in [0.25, 0.3) is 21.6 Å². The Morgan fingerprint density at radius 2 is 1.98 bits per heavy atom. The van der Waals surface area contributed by atoms with Gasteiger partial charge in [0.15, 0.2) is 10.9 Å². The fourth-order valence-corrected chi connectivity index (χ4v) is 6.21. The zero-order chi connectivity index (χ0) is 28.1. The van der Waals surface area contributed by atoms with Gasteiger partial charge in [0.05, 0.1) is 27.5 Å². The highest BCUT2D eigenvalue weighted by Gasteiger charge is 2.48. The molecule has 40 heavy (non-hydrogen) atoms. The zero-order valence-electron chi connectivity index (χ0n) is 21.6. The van der Waals surface area contributed by atoms with Crippen LogP contribution < -0.4 is 9.64 Å². The van der Waals surface area contributed by atoms with Crippen LogP contribution in [-0.2, 0) is 9.59 Å². The van der Waals surface area contributed by atoms with Crippen LogP contribution in [-0.4, -0.2) is 37.8 Å². The van der Waals surface area contributed by atoms with E-state index in [-0.39, 0.29) is 23.6 Å². The van der Waals surface area contributed by atoms with Gasteiger partial charge in [0.25, 0.3) is 5.78 Å². The first-order valence-electron chi connectivity index (χ1n) is 12.4. The van der Waals surface area contributed by atoms with E-state index >= 15 is 0 Å². The van der Waals surface area contributed by atoms with E-state index < -0.39 is 17.7 Å². The molecule has 2 aromatic carbocycles. The second-order valence-corrected chi connectivity index (χ2v) is 10.8. The number of imidazole rings is 1. The number of ketones is 1. The van der Waals surface area contributed by atoms with Crippen molar-refractivity contribution in [1.82, 2.24) is 14.4 Å². The molecule has 4 heterocycles. The Kier molecular flexibility index (Phi) is 6.40. The number of thiazole rings is 1. The van der Waals surface area contributed by atoms with Gasteiger partial charge in [0, 0.05) is 11.2 Å². The third-order valence-electron chi connectivity index (χ3n) is 6.84. The summed E-state index contributed by atoms with van der Waals surface area (Å²) in [4.78, 5) is 37.9. The van der Waals surface area contributed by atoms with E-state index in [0.717, 1.165) is 10.3 Å². The predicted octanol–water partition coefficient (Wildman–Crippen LogP) is 6.41.